The number of hydrogen-bond acceptors (Lipinski definition) is 4. The molecule has 0 bridgehead atoms. The molecule has 160 valence electrons. The molecule has 27 heavy (non-hydrogen) atoms. The van der Waals surface area contributed by atoms with Gasteiger partial charge in [-0.25, -0.2) is 4.79 Å². The molecule has 0 rings (SSSR count). The highest BCUT2D eigenvalue weighted by Gasteiger charge is 2.42. The third kappa shape index (κ3) is 8.41. The Balaban J connectivity index is 0. The number of aliphatic carboxylic acids is 1. The van der Waals surface area contributed by atoms with E-state index in [9.17, 15) is 19.5 Å². The summed E-state index contributed by atoms with van der Waals surface area (Å²) in [4.78, 5) is 35.5. The van der Waals surface area contributed by atoms with Crippen LogP contribution in [0.25, 0.3) is 0 Å². The molecule has 3 N–H and O–H groups in total. The zero-order valence-electron chi connectivity index (χ0n) is 19.2. The summed E-state index contributed by atoms with van der Waals surface area (Å²) in [7, 11) is 1.84. The smallest absolute Gasteiger partial charge is 0.326 e. The van der Waals surface area contributed by atoms with Crippen LogP contribution in [-0.4, -0.2) is 41.9 Å². The van der Waals surface area contributed by atoms with Crippen LogP contribution in [0, 0.1) is 16.2 Å². The minimum Gasteiger partial charge on any atom is -0.480 e. The van der Waals surface area contributed by atoms with Crippen LogP contribution in [0.4, 0.5) is 0 Å². The van der Waals surface area contributed by atoms with Crippen molar-refractivity contribution < 1.29 is 19.5 Å². The van der Waals surface area contributed by atoms with E-state index in [2.05, 4.69) is 10.6 Å². The van der Waals surface area contributed by atoms with Crippen LogP contribution >= 0.6 is 0 Å². The fraction of sp³-hybridized carbons (Fsp3) is 0.857. The van der Waals surface area contributed by atoms with E-state index in [1.165, 1.54) is 0 Å². The Kier molecular flexibility index (Phi) is 10.5. The average Bonchev–Trinajstić information content (AvgIpc) is 2.52. The second-order valence-corrected chi connectivity index (χ2v) is 9.55. The fourth-order valence-electron chi connectivity index (χ4n) is 3.08. The Labute approximate surface area is 165 Å². The molecule has 6 nitrogen and oxygen atoms in total. The van der Waals surface area contributed by atoms with Gasteiger partial charge in [-0.15, -0.1) is 0 Å². The molecule has 0 saturated heterocycles. The van der Waals surface area contributed by atoms with Crippen molar-refractivity contribution in [2.45, 2.75) is 93.7 Å². The van der Waals surface area contributed by atoms with Crippen molar-refractivity contribution in [3.63, 3.8) is 0 Å². The maximum Gasteiger partial charge on any atom is 0.326 e. The van der Waals surface area contributed by atoms with Crippen molar-refractivity contribution in [3.8, 4) is 0 Å². The van der Waals surface area contributed by atoms with Gasteiger partial charge in [-0.3, -0.25) is 4.79 Å². The minimum absolute atomic E-state index is 0.192. The molecular weight excluding hydrogens is 344 g/mol. The number of hydrogen-bond donors (Lipinski definition) is 3. The number of nitrogens with one attached hydrogen (secondary N) is 2. The lowest BCUT2D eigenvalue weighted by atomic mass is 9.70. The molecule has 0 aromatic carbocycles. The van der Waals surface area contributed by atoms with Crippen LogP contribution in [0.15, 0.2) is 0 Å². The predicted molar refractivity (Wildman–Crippen MR) is 111 cm³/mol. The van der Waals surface area contributed by atoms with Gasteiger partial charge >= 0.3 is 5.97 Å². The van der Waals surface area contributed by atoms with E-state index in [1.807, 2.05) is 48.6 Å². The molecular formula is C21H42N2O4. The SMILES string of the molecule is CC.CNC(C)(C)C(C)(C)CC(=O)NC(C(=O)O)C(C)(C)CC(C)(C)C=O. The van der Waals surface area contributed by atoms with E-state index in [4.69, 9.17) is 0 Å². The van der Waals surface area contributed by atoms with Gasteiger partial charge in [0, 0.05) is 17.4 Å². The van der Waals surface area contributed by atoms with Gasteiger partial charge in [-0.2, -0.15) is 0 Å². The first kappa shape index (κ1) is 27.8. The second kappa shape index (κ2) is 10.2. The lowest BCUT2D eigenvalue weighted by Gasteiger charge is -2.42. The summed E-state index contributed by atoms with van der Waals surface area (Å²) in [6.07, 6.45) is 1.37. The maximum absolute atomic E-state index is 12.5. The lowest BCUT2D eigenvalue weighted by Crippen LogP contribution is -2.55. The van der Waals surface area contributed by atoms with Crippen LogP contribution in [-0.2, 0) is 14.4 Å². The molecule has 0 aliphatic rings. The standard InChI is InChI=1S/C19H36N2O4.C2H6/c1-16(2,12-22)11-17(3,4)14(15(24)25)21-13(23)10-18(5,6)19(7,8)20-9;1-2/h12,14,20H,10-11H2,1-9H3,(H,21,23)(H,24,25);1-2H3. The molecule has 6 heteroatoms. The quantitative estimate of drug-likeness (QED) is 0.498. The van der Waals surface area contributed by atoms with Gasteiger partial charge in [-0.05, 0) is 38.1 Å². The van der Waals surface area contributed by atoms with E-state index < -0.39 is 22.8 Å². The van der Waals surface area contributed by atoms with Crippen molar-refractivity contribution in [3.05, 3.63) is 0 Å². The number of rotatable bonds is 10. The molecule has 0 aromatic heterocycles. The Morgan fingerprint density at radius 3 is 1.78 bits per heavy atom. The number of carbonyl (C=O) groups is 3. The number of carboxylic acid groups (broad SMARTS) is 1. The molecule has 0 fully saturated rings. The minimum atomic E-state index is -1.09. The Morgan fingerprint density at radius 2 is 1.44 bits per heavy atom. The molecule has 0 heterocycles. The van der Waals surface area contributed by atoms with Gasteiger partial charge < -0.3 is 20.5 Å². The summed E-state index contributed by atoms with van der Waals surface area (Å²) in [5.74, 6) is -1.40. The van der Waals surface area contributed by atoms with Crippen molar-refractivity contribution in [1.29, 1.82) is 0 Å². The molecule has 0 aromatic rings. The Morgan fingerprint density at radius 1 is 1.00 bits per heavy atom. The highest BCUT2D eigenvalue weighted by atomic mass is 16.4. The van der Waals surface area contributed by atoms with Crippen molar-refractivity contribution in [1.82, 2.24) is 10.6 Å². The van der Waals surface area contributed by atoms with Gasteiger partial charge in [0.05, 0.1) is 0 Å². The molecule has 0 aliphatic heterocycles. The maximum atomic E-state index is 12.5. The second-order valence-electron chi connectivity index (χ2n) is 9.55. The average molecular weight is 387 g/mol. The van der Waals surface area contributed by atoms with E-state index in [1.54, 1.807) is 27.7 Å². The topological polar surface area (TPSA) is 95.5 Å². The largest absolute Gasteiger partial charge is 0.480 e. The number of carbonyl (C=O) groups excluding carboxylic acids is 2. The van der Waals surface area contributed by atoms with Crippen molar-refractivity contribution in [2.75, 3.05) is 7.05 Å². The normalized spacial score (nSPS) is 13.9. The fourth-order valence-corrected chi connectivity index (χ4v) is 3.08. The third-order valence-corrected chi connectivity index (χ3v) is 5.48. The lowest BCUT2D eigenvalue weighted by molar-refractivity contribution is -0.146. The first-order valence-electron chi connectivity index (χ1n) is 9.69. The number of aldehydes is 1. The monoisotopic (exact) mass is 386 g/mol. The van der Waals surface area contributed by atoms with Crippen LogP contribution in [0.1, 0.15) is 82.1 Å². The molecule has 1 amide bonds. The number of amides is 1. The van der Waals surface area contributed by atoms with Gasteiger partial charge in [0.25, 0.3) is 0 Å². The summed E-state index contributed by atoms with van der Waals surface area (Å²) >= 11 is 0. The predicted octanol–water partition coefficient (Wildman–Crippen LogP) is 3.64. The van der Waals surface area contributed by atoms with Gasteiger partial charge in [0.2, 0.25) is 5.91 Å². The van der Waals surface area contributed by atoms with E-state index in [0.29, 0.717) is 6.42 Å². The van der Waals surface area contributed by atoms with Crippen LogP contribution < -0.4 is 10.6 Å². The van der Waals surface area contributed by atoms with Gasteiger partial charge in [0.15, 0.2) is 0 Å². The summed E-state index contributed by atoms with van der Waals surface area (Å²) in [5, 5.41) is 15.5. The Hall–Kier alpha value is -1.43. The first-order valence-corrected chi connectivity index (χ1v) is 9.69. The summed E-state index contributed by atoms with van der Waals surface area (Å²) in [6.45, 7) is 19.0. The number of carboxylic acids is 1. The Bertz CT molecular complexity index is 508. The molecule has 1 unspecified atom stereocenters. The summed E-state index contributed by atoms with van der Waals surface area (Å²) in [6, 6.07) is -1.06. The van der Waals surface area contributed by atoms with Gasteiger partial charge in [-0.1, -0.05) is 55.4 Å². The summed E-state index contributed by atoms with van der Waals surface area (Å²) in [5.41, 5.74) is -2.09. The van der Waals surface area contributed by atoms with Crippen LogP contribution in [0.5, 0.6) is 0 Å². The molecule has 1 atom stereocenters. The highest BCUT2D eigenvalue weighted by Crippen LogP contribution is 2.36. The zero-order valence-corrected chi connectivity index (χ0v) is 19.2. The van der Waals surface area contributed by atoms with Crippen molar-refractivity contribution >= 4 is 18.2 Å². The van der Waals surface area contributed by atoms with E-state index in [-0.39, 0.29) is 23.3 Å². The van der Waals surface area contributed by atoms with Crippen LogP contribution in [0.3, 0.4) is 0 Å². The zero-order chi connectivity index (χ0) is 22.3. The molecule has 0 radical (unpaired) electrons. The molecule has 0 spiro atoms. The van der Waals surface area contributed by atoms with Crippen LogP contribution in [0.2, 0.25) is 0 Å². The third-order valence-electron chi connectivity index (χ3n) is 5.48. The van der Waals surface area contributed by atoms with E-state index in [0.717, 1.165) is 6.29 Å². The molecule has 0 aliphatic carbocycles. The summed E-state index contributed by atoms with van der Waals surface area (Å²) < 4.78 is 0. The van der Waals surface area contributed by atoms with Crippen molar-refractivity contribution in [2.24, 2.45) is 16.2 Å². The van der Waals surface area contributed by atoms with E-state index >= 15 is 0 Å². The first-order chi connectivity index (χ1) is 12.0. The highest BCUT2D eigenvalue weighted by molar-refractivity contribution is 5.84. The van der Waals surface area contributed by atoms with Gasteiger partial charge in [0.1, 0.15) is 12.3 Å². The molecule has 0 saturated carbocycles.